The summed E-state index contributed by atoms with van der Waals surface area (Å²) in [6, 6.07) is 0. The predicted molar refractivity (Wildman–Crippen MR) is 89.5 cm³/mol. The quantitative estimate of drug-likeness (QED) is 0.248. The number of hydrogen-bond acceptors (Lipinski definition) is 12. The third-order valence-corrected chi connectivity index (χ3v) is 5.02. The zero-order valence-electron chi connectivity index (χ0n) is 14.5. The summed E-state index contributed by atoms with van der Waals surface area (Å²) < 4.78 is 10.8. The van der Waals surface area contributed by atoms with Crippen LogP contribution < -0.4 is 5.73 Å². The van der Waals surface area contributed by atoms with Crippen LogP contribution in [0.25, 0.3) is 11.2 Å². The highest BCUT2D eigenvalue weighted by Gasteiger charge is 2.46. The smallest absolute Gasteiger partial charge is 0.183 e. The maximum absolute atomic E-state index is 10.1. The molecule has 2 aromatic heterocycles. The van der Waals surface area contributed by atoms with Crippen LogP contribution in [0.4, 0.5) is 5.82 Å². The van der Waals surface area contributed by atoms with Crippen LogP contribution in [0.15, 0.2) is 0 Å². The number of imidazole rings is 1. The number of nitrogens with one attached hydrogen (secondary N) is 1. The molecule has 4 heterocycles. The first-order valence-corrected chi connectivity index (χ1v) is 8.63. The zero-order chi connectivity index (χ0) is 20.2. The van der Waals surface area contributed by atoms with Crippen LogP contribution in [-0.4, -0.2) is 100 Å². The van der Waals surface area contributed by atoms with E-state index in [1.807, 2.05) is 0 Å². The Labute approximate surface area is 157 Å². The number of H-pyrrole nitrogens is 1. The summed E-state index contributed by atoms with van der Waals surface area (Å²) in [6.07, 6.45) is -9.42. The molecule has 2 aliphatic heterocycles. The molecule has 28 heavy (non-hydrogen) atoms. The molecule has 13 nitrogen and oxygen atoms in total. The van der Waals surface area contributed by atoms with Gasteiger partial charge in [0.1, 0.15) is 60.2 Å². The number of ether oxygens (including phenoxy) is 2. The van der Waals surface area contributed by atoms with Gasteiger partial charge in [-0.15, -0.1) is 0 Å². The number of anilines is 1. The first-order chi connectivity index (χ1) is 13.3. The lowest BCUT2D eigenvalue weighted by Gasteiger charge is -2.13. The van der Waals surface area contributed by atoms with E-state index in [-0.39, 0.29) is 28.6 Å². The lowest BCUT2D eigenvalue weighted by molar-refractivity contribution is -0.0252. The average Bonchev–Trinajstić information content (AvgIpc) is 3.32. The Morgan fingerprint density at radius 1 is 0.821 bits per heavy atom. The summed E-state index contributed by atoms with van der Waals surface area (Å²) in [5, 5.41) is 58.5. The first kappa shape index (κ1) is 19.4. The maximum Gasteiger partial charge on any atom is 0.183 e. The number of aliphatic hydroxyl groups excluding tert-OH is 6. The van der Waals surface area contributed by atoms with E-state index in [9.17, 15) is 30.6 Å². The number of hydrogen-bond donors (Lipinski definition) is 8. The summed E-state index contributed by atoms with van der Waals surface area (Å²) in [5.41, 5.74) is 6.27. The van der Waals surface area contributed by atoms with Gasteiger partial charge in [-0.2, -0.15) is 0 Å². The average molecular weight is 399 g/mol. The second-order valence-corrected chi connectivity index (χ2v) is 6.81. The third-order valence-electron chi connectivity index (χ3n) is 5.02. The normalized spacial score (nSPS) is 38.5. The Hall–Kier alpha value is -1.97. The monoisotopic (exact) mass is 399 g/mol. The fraction of sp³-hybridized carbons (Fsp3) is 0.667. The molecule has 154 valence electrons. The van der Waals surface area contributed by atoms with Gasteiger partial charge in [-0.3, -0.25) is 0 Å². The lowest BCUT2D eigenvalue weighted by atomic mass is 10.1. The minimum atomic E-state index is -1.37. The molecular formula is C15H21N5O8. The fourth-order valence-electron chi connectivity index (χ4n) is 3.45. The Morgan fingerprint density at radius 2 is 1.39 bits per heavy atom. The molecular weight excluding hydrogens is 378 g/mol. The molecule has 2 fully saturated rings. The number of fused-ring (bicyclic) bond motifs is 1. The van der Waals surface area contributed by atoms with Crippen LogP contribution in [0.1, 0.15) is 23.9 Å². The van der Waals surface area contributed by atoms with Gasteiger partial charge in [-0.05, 0) is 0 Å². The molecule has 0 aromatic carbocycles. The molecule has 8 atom stereocenters. The molecule has 2 unspecified atom stereocenters. The summed E-state index contributed by atoms with van der Waals surface area (Å²) in [5.74, 6) is 0.0618. The second-order valence-electron chi connectivity index (χ2n) is 6.81. The van der Waals surface area contributed by atoms with Crippen molar-refractivity contribution >= 4 is 17.0 Å². The number of aliphatic hydroxyl groups is 6. The number of rotatable bonds is 4. The zero-order valence-corrected chi connectivity index (χ0v) is 14.5. The maximum atomic E-state index is 10.1. The van der Waals surface area contributed by atoms with Crippen LogP contribution >= 0.6 is 0 Å². The molecule has 9 N–H and O–H groups in total. The molecule has 0 spiro atoms. The van der Waals surface area contributed by atoms with Gasteiger partial charge in [0.15, 0.2) is 17.3 Å². The van der Waals surface area contributed by atoms with E-state index in [1.54, 1.807) is 0 Å². The van der Waals surface area contributed by atoms with E-state index in [4.69, 9.17) is 15.2 Å². The van der Waals surface area contributed by atoms with Crippen molar-refractivity contribution in [2.75, 3.05) is 18.9 Å². The Bertz CT molecular complexity index is 864. The molecule has 0 aliphatic carbocycles. The first-order valence-electron chi connectivity index (χ1n) is 8.63. The fourth-order valence-corrected chi connectivity index (χ4v) is 3.45. The van der Waals surface area contributed by atoms with Gasteiger partial charge < -0.3 is 50.8 Å². The number of nitrogens with zero attached hydrogens (tertiary/aromatic N) is 3. The van der Waals surface area contributed by atoms with Crippen molar-refractivity contribution in [2.24, 2.45) is 0 Å². The Balaban J connectivity index is 1.67. The van der Waals surface area contributed by atoms with Gasteiger partial charge in [0.05, 0.1) is 13.2 Å². The van der Waals surface area contributed by atoms with Gasteiger partial charge in [0.2, 0.25) is 0 Å². The van der Waals surface area contributed by atoms with Gasteiger partial charge in [-0.25, -0.2) is 15.0 Å². The van der Waals surface area contributed by atoms with Crippen molar-refractivity contribution in [3.8, 4) is 0 Å². The lowest BCUT2D eigenvalue weighted by Crippen LogP contribution is -2.32. The summed E-state index contributed by atoms with van der Waals surface area (Å²) in [7, 11) is 0. The van der Waals surface area contributed by atoms with Crippen LogP contribution in [0, 0.1) is 0 Å². The number of nitrogens with two attached hydrogens (primary N) is 1. The highest BCUT2D eigenvalue weighted by molar-refractivity contribution is 5.81. The van der Waals surface area contributed by atoms with E-state index in [0.717, 1.165) is 0 Å². The van der Waals surface area contributed by atoms with E-state index < -0.39 is 62.0 Å². The molecule has 0 bridgehead atoms. The molecule has 0 amide bonds. The molecule has 2 saturated heterocycles. The number of aromatic amines is 1. The van der Waals surface area contributed by atoms with Crippen molar-refractivity contribution in [3.05, 3.63) is 11.6 Å². The molecule has 0 saturated carbocycles. The topological polar surface area (TPSA) is 220 Å². The van der Waals surface area contributed by atoms with Gasteiger partial charge in [-0.1, -0.05) is 0 Å². The number of nitrogen functional groups attached to an aromatic ring is 1. The summed E-state index contributed by atoms with van der Waals surface area (Å²) in [6.45, 7) is -0.976. The van der Waals surface area contributed by atoms with E-state index in [2.05, 4.69) is 19.9 Å². The van der Waals surface area contributed by atoms with Crippen molar-refractivity contribution < 1.29 is 40.1 Å². The minimum absolute atomic E-state index is 0.0248. The van der Waals surface area contributed by atoms with E-state index >= 15 is 0 Å². The molecule has 2 aliphatic rings. The van der Waals surface area contributed by atoms with Crippen LogP contribution in [0.2, 0.25) is 0 Å². The molecule has 2 aromatic rings. The second kappa shape index (κ2) is 7.13. The van der Waals surface area contributed by atoms with E-state index in [0.29, 0.717) is 0 Å². The van der Waals surface area contributed by atoms with Gasteiger partial charge >= 0.3 is 0 Å². The molecule has 13 heteroatoms. The van der Waals surface area contributed by atoms with Gasteiger partial charge in [0, 0.05) is 0 Å². The SMILES string of the molecule is Nc1nc(C2O[C@H](CO)[C@@H](O)[C@H]2O)nc2nc(C3O[C@H](CO)[C@@H](O)[C@H]3O)[nH]c12. The highest BCUT2D eigenvalue weighted by Crippen LogP contribution is 2.35. The summed E-state index contributed by atoms with van der Waals surface area (Å²) in [4.78, 5) is 15.3. The van der Waals surface area contributed by atoms with Crippen LogP contribution in [-0.2, 0) is 9.47 Å². The summed E-state index contributed by atoms with van der Waals surface area (Å²) >= 11 is 0. The predicted octanol–water partition coefficient (Wildman–Crippen LogP) is -3.76. The van der Waals surface area contributed by atoms with Crippen LogP contribution in [0.3, 0.4) is 0 Å². The Morgan fingerprint density at radius 3 is 1.96 bits per heavy atom. The minimum Gasteiger partial charge on any atom is -0.394 e. The highest BCUT2D eigenvalue weighted by atomic mass is 16.6. The van der Waals surface area contributed by atoms with Crippen molar-refractivity contribution in [1.82, 2.24) is 19.9 Å². The van der Waals surface area contributed by atoms with E-state index in [1.165, 1.54) is 0 Å². The molecule has 0 radical (unpaired) electrons. The largest absolute Gasteiger partial charge is 0.394 e. The van der Waals surface area contributed by atoms with Gasteiger partial charge in [0.25, 0.3) is 0 Å². The Kier molecular flexibility index (Phi) is 4.93. The number of aromatic nitrogens is 4. The van der Waals surface area contributed by atoms with Crippen molar-refractivity contribution in [3.63, 3.8) is 0 Å². The van der Waals surface area contributed by atoms with Crippen molar-refractivity contribution in [2.45, 2.75) is 48.8 Å². The van der Waals surface area contributed by atoms with Crippen molar-refractivity contribution in [1.29, 1.82) is 0 Å². The van der Waals surface area contributed by atoms with Crippen LogP contribution in [0.5, 0.6) is 0 Å². The molecule has 4 rings (SSSR count). The standard InChI is InChI=1S/C15H21N5O8/c16-12-5-13(19-14(17-5)10-8(25)6(23)3(1-21)27-10)20-15(18-12)11-9(26)7(24)4(2-22)28-11/h3-4,6-11,21-26H,1-2H2,(H3,16,17,18,19,20)/t3-,4-,6-,7-,8-,9-,10?,11?/m1/s1. The third kappa shape index (κ3) is 2.92.